The molecule has 2 aromatic rings. The van der Waals surface area contributed by atoms with E-state index < -0.39 is 25.0 Å². The molecule has 0 aliphatic rings. The predicted octanol–water partition coefficient (Wildman–Crippen LogP) is 2.95. The van der Waals surface area contributed by atoms with Crippen molar-refractivity contribution in [3.05, 3.63) is 71.8 Å². The first-order chi connectivity index (χ1) is 9.91. The van der Waals surface area contributed by atoms with Gasteiger partial charge in [0.1, 0.15) is 5.66 Å². The van der Waals surface area contributed by atoms with E-state index >= 15 is 0 Å². The molecule has 0 aliphatic heterocycles. The molecule has 1 atom stereocenters. The highest BCUT2D eigenvalue weighted by molar-refractivity contribution is 7.53. The summed E-state index contributed by atoms with van der Waals surface area (Å²) in [4.78, 5) is 31.2. The zero-order valence-corrected chi connectivity index (χ0v) is 12.5. The maximum atomic E-state index is 12.6. The van der Waals surface area contributed by atoms with Gasteiger partial charge in [-0.25, -0.2) is 0 Å². The van der Waals surface area contributed by atoms with E-state index in [2.05, 4.69) is 0 Å². The van der Waals surface area contributed by atoms with Crippen LogP contribution in [-0.2, 0) is 9.36 Å². The molecular weight excluding hydrogens is 287 g/mol. The summed E-state index contributed by atoms with van der Waals surface area (Å²) >= 11 is 0. The summed E-state index contributed by atoms with van der Waals surface area (Å²) in [5, 5.41) is 0. The molecule has 2 rings (SSSR count). The van der Waals surface area contributed by atoms with Crippen LogP contribution in [0.1, 0.15) is 24.0 Å². The third-order valence-corrected chi connectivity index (χ3v) is 4.73. The largest absolute Gasteiger partial charge is 0.335 e. The molecule has 0 aromatic heterocycles. The van der Waals surface area contributed by atoms with Crippen LogP contribution in [0.2, 0.25) is 0 Å². The van der Waals surface area contributed by atoms with E-state index in [1.165, 1.54) is 6.92 Å². The van der Waals surface area contributed by atoms with E-state index in [9.17, 15) is 19.1 Å². The van der Waals surface area contributed by atoms with Gasteiger partial charge in [0.25, 0.3) is 0 Å². The van der Waals surface area contributed by atoms with Gasteiger partial charge < -0.3 is 9.79 Å². The lowest BCUT2D eigenvalue weighted by Crippen LogP contribution is -2.25. The molecule has 21 heavy (non-hydrogen) atoms. The van der Waals surface area contributed by atoms with Gasteiger partial charge in [0.15, 0.2) is 5.78 Å². The lowest BCUT2D eigenvalue weighted by molar-refractivity contribution is -0.119. The van der Waals surface area contributed by atoms with Crippen molar-refractivity contribution in [1.29, 1.82) is 0 Å². The molecule has 0 bridgehead atoms. The van der Waals surface area contributed by atoms with E-state index in [1.807, 2.05) is 12.1 Å². The average Bonchev–Trinajstić information content (AvgIpc) is 2.48. The highest BCUT2D eigenvalue weighted by Gasteiger charge is 2.36. The lowest BCUT2D eigenvalue weighted by atomic mass is 9.86. The molecule has 0 amide bonds. The van der Waals surface area contributed by atoms with Crippen molar-refractivity contribution in [1.82, 2.24) is 0 Å². The first-order valence-electron chi connectivity index (χ1n) is 6.60. The van der Waals surface area contributed by atoms with E-state index in [-0.39, 0.29) is 0 Å². The van der Waals surface area contributed by atoms with E-state index in [1.54, 1.807) is 48.5 Å². The fourth-order valence-corrected chi connectivity index (χ4v) is 2.70. The Hall–Kier alpha value is -1.74. The quantitative estimate of drug-likeness (QED) is 0.833. The number of benzene rings is 2. The maximum absolute atomic E-state index is 12.6. The van der Waals surface area contributed by atoms with Crippen LogP contribution in [0.15, 0.2) is 60.7 Å². The topological polar surface area (TPSA) is 74.6 Å². The van der Waals surface area contributed by atoms with Crippen molar-refractivity contribution in [3.63, 3.8) is 0 Å². The first kappa shape index (κ1) is 15.6. The van der Waals surface area contributed by atoms with E-state index in [0.717, 1.165) is 11.1 Å². The summed E-state index contributed by atoms with van der Waals surface area (Å²) in [5.41, 5.74) is 0.130. The van der Waals surface area contributed by atoms with Crippen LogP contribution in [0, 0.1) is 0 Å². The molecule has 2 aromatic carbocycles. The van der Waals surface area contributed by atoms with Crippen molar-refractivity contribution in [2.24, 2.45) is 0 Å². The molecule has 0 aliphatic carbocycles. The van der Waals surface area contributed by atoms with Crippen molar-refractivity contribution >= 4 is 13.4 Å². The van der Waals surface area contributed by atoms with Crippen LogP contribution in [-0.4, -0.2) is 21.2 Å². The highest BCUT2D eigenvalue weighted by atomic mass is 31.2. The van der Waals surface area contributed by atoms with Gasteiger partial charge in [-0.3, -0.25) is 9.36 Å². The Morgan fingerprint density at radius 1 is 0.905 bits per heavy atom. The molecule has 0 heterocycles. The van der Waals surface area contributed by atoms with Crippen molar-refractivity contribution < 1.29 is 19.1 Å². The number of hydrogen-bond acceptors (Lipinski definition) is 2. The van der Waals surface area contributed by atoms with Gasteiger partial charge in [-0.05, 0) is 18.1 Å². The zero-order chi connectivity index (χ0) is 15.5. The van der Waals surface area contributed by atoms with Gasteiger partial charge in [0.2, 0.25) is 0 Å². The summed E-state index contributed by atoms with van der Waals surface area (Å²) in [6.45, 7) is 1.28. The van der Waals surface area contributed by atoms with Gasteiger partial charge in [0.05, 0.1) is 5.92 Å². The molecule has 4 nitrogen and oxygen atoms in total. The minimum absolute atomic E-state index is 0.472. The first-order valence-corrected chi connectivity index (χ1v) is 8.28. The molecule has 0 spiro atoms. The third kappa shape index (κ3) is 3.67. The predicted molar refractivity (Wildman–Crippen MR) is 81.2 cm³/mol. The van der Waals surface area contributed by atoms with Crippen LogP contribution < -0.4 is 0 Å². The van der Waals surface area contributed by atoms with Gasteiger partial charge in [-0.15, -0.1) is 0 Å². The molecule has 1 unspecified atom stereocenters. The minimum atomic E-state index is -4.46. The van der Waals surface area contributed by atoms with Crippen molar-refractivity contribution in [2.45, 2.75) is 18.5 Å². The standard InChI is InChI=1S/C16H17O4P/c1-12(21(18,19)20)16(17)15(13-8-4-2-5-9-13)14-10-6-3-7-11-14/h2-12,15H,1H3,(H2,18,19,20). The summed E-state index contributed by atoms with van der Waals surface area (Å²) < 4.78 is 11.4. The number of ketones is 1. The Kier molecular flexibility index (Phi) is 4.73. The second-order valence-electron chi connectivity index (χ2n) is 4.92. The SMILES string of the molecule is CC(C(=O)C(c1ccccc1)c1ccccc1)P(=O)(O)O. The summed E-state index contributed by atoms with van der Waals surface area (Å²) in [5.74, 6) is -1.14. The molecule has 110 valence electrons. The summed E-state index contributed by atoms with van der Waals surface area (Å²) in [6, 6.07) is 18.1. The Balaban J connectivity index is 2.48. The normalized spacial score (nSPS) is 13.1. The third-order valence-electron chi connectivity index (χ3n) is 3.47. The van der Waals surface area contributed by atoms with Crippen LogP contribution in [0.3, 0.4) is 0 Å². The number of rotatable bonds is 5. The number of carbonyl (C=O) groups is 1. The van der Waals surface area contributed by atoms with Crippen LogP contribution >= 0.6 is 7.60 Å². The Morgan fingerprint density at radius 2 is 1.29 bits per heavy atom. The summed E-state index contributed by atoms with van der Waals surface area (Å²) in [7, 11) is -4.46. The van der Waals surface area contributed by atoms with Gasteiger partial charge in [-0.2, -0.15) is 0 Å². The Labute approximate surface area is 123 Å². The summed E-state index contributed by atoms with van der Waals surface area (Å²) in [6.07, 6.45) is 0. The van der Waals surface area contributed by atoms with Crippen molar-refractivity contribution in [3.8, 4) is 0 Å². The number of hydrogen-bond donors (Lipinski definition) is 2. The van der Waals surface area contributed by atoms with E-state index in [4.69, 9.17) is 0 Å². The minimum Gasteiger partial charge on any atom is -0.324 e. The Morgan fingerprint density at radius 3 is 1.62 bits per heavy atom. The smallest absolute Gasteiger partial charge is 0.324 e. The number of carbonyl (C=O) groups excluding carboxylic acids is 1. The molecular formula is C16H17O4P. The molecule has 2 N–H and O–H groups in total. The maximum Gasteiger partial charge on any atom is 0.335 e. The fraction of sp³-hybridized carbons (Fsp3) is 0.188. The second-order valence-corrected chi connectivity index (χ2v) is 6.87. The average molecular weight is 304 g/mol. The Bertz CT molecular complexity index is 609. The molecule has 0 saturated heterocycles. The molecule has 0 radical (unpaired) electrons. The van der Waals surface area contributed by atoms with Crippen LogP contribution in [0.4, 0.5) is 0 Å². The number of Topliss-reactive ketones (excluding diaryl/α,β-unsaturated/α-hetero) is 1. The zero-order valence-electron chi connectivity index (χ0n) is 11.6. The molecule has 0 saturated carbocycles. The van der Waals surface area contributed by atoms with Gasteiger partial charge in [-0.1, -0.05) is 60.7 Å². The highest BCUT2D eigenvalue weighted by Crippen LogP contribution is 2.44. The van der Waals surface area contributed by atoms with Crippen LogP contribution in [0.25, 0.3) is 0 Å². The van der Waals surface area contributed by atoms with E-state index in [0.29, 0.717) is 0 Å². The van der Waals surface area contributed by atoms with Gasteiger partial charge in [0, 0.05) is 0 Å². The molecule has 5 heteroatoms. The lowest BCUT2D eigenvalue weighted by Gasteiger charge is -2.21. The molecule has 0 fully saturated rings. The fourth-order valence-electron chi connectivity index (χ4n) is 2.22. The second kappa shape index (κ2) is 6.35. The monoisotopic (exact) mass is 304 g/mol. The van der Waals surface area contributed by atoms with Gasteiger partial charge >= 0.3 is 7.60 Å². The van der Waals surface area contributed by atoms with Crippen LogP contribution in [0.5, 0.6) is 0 Å². The van der Waals surface area contributed by atoms with Crippen molar-refractivity contribution in [2.75, 3.05) is 0 Å².